The molecule has 0 radical (unpaired) electrons. The maximum atomic E-state index is 13.1. The van der Waals surface area contributed by atoms with E-state index in [0.29, 0.717) is 25.2 Å². The molecular weight excluding hydrogens is 207 g/mol. The van der Waals surface area contributed by atoms with Crippen molar-refractivity contribution in [3.05, 3.63) is 35.6 Å². The average molecular weight is 224 g/mol. The minimum absolute atomic E-state index is 0.203. The van der Waals surface area contributed by atoms with E-state index in [-0.39, 0.29) is 11.6 Å². The van der Waals surface area contributed by atoms with Gasteiger partial charge in [-0.1, -0.05) is 18.2 Å². The van der Waals surface area contributed by atoms with Crippen LogP contribution in [0.15, 0.2) is 24.3 Å². The first-order valence-corrected chi connectivity index (χ1v) is 5.50. The molecule has 0 unspecified atom stereocenters. The highest BCUT2D eigenvalue weighted by Crippen LogP contribution is 2.08. The Hall–Kier alpha value is -1.22. The zero-order chi connectivity index (χ0) is 11.8. The van der Waals surface area contributed by atoms with Gasteiger partial charge in [0.1, 0.15) is 11.6 Å². The van der Waals surface area contributed by atoms with Crippen molar-refractivity contribution in [3.8, 4) is 0 Å². The van der Waals surface area contributed by atoms with Gasteiger partial charge >= 0.3 is 0 Å². The summed E-state index contributed by atoms with van der Waals surface area (Å²) in [5.74, 6) is -0.0275. The van der Waals surface area contributed by atoms with Crippen molar-refractivity contribution in [2.24, 2.45) is 0 Å². The average Bonchev–Trinajstić information content (AvgIpc) is 2.25. The second kappa shape index (κ2) is 7.12. The lowest BCUT2D eigenvalue weighted by molar-refractivity contribution is -0.117. The summed E-state index contributed by atoms with van der Waals surface area (Å²) in [5, 5.41) is 0. The third-order valence-electron chi connectivity index (χ3n) is 2.28. The first kappa shape index (κ1) is 12.8. The molecule has 0 spiro atoms. The number of carbonyl (C=O) groups excluding carboxylic acids is 1. The van der Waals surface area contributed by atoms with Crippen LogP contribution in [0.4, 0.5) is 4.39 Å². The maximum absolute atomic E-state index is 13.1. The van der Waals surface area contributed by atoms with Crippen LogP contribution in [0.2, 0.25) is 0 Å². The summed E-state index contributed by atoms with van der Waals surface area (Å²) in [6.07, 6.45) is 2.28. The number of hydrogen-bond donors (Lipinski definition) is 0. The van der Waals surface area contributed by atoms with Crippen LogP contribution in [0.1, 0.15) is 31.7 Å². The molecule has 0 atom stereocenters. The summed E-state index contributed by atoms with van der Waals surface area (Å²) in [6.45, 7) is 2.45. The fraction of sp³-hybridized carbons (Fsp3) is 0.462. The van der Waals surface area contributed by atoms with Crippen LogP contribution in [0.5, 0.6) is 0 Å². The van der Waals surface area contributed by atoms with Gasteiger partial charge < -0.3 is 9.53 Å². The van der Waals surface area contributed by atoms with Gasteiger partial charge in [0.15, 0.2) is 0 Å². The van der Waals surface area contributed by atoms with Crippen molar-refractivity contribution in [2.45, 2.75) is 32.8 Å². The lowest BCUT2D eigenvalue weighted by Crippen LogP contribution is -1.99. The highest BCUT2D eigenvalue weighted by atomic mass is 19.1. The van der Waals surface area contributed by atoms with Gasteiger partial charge in [-0.05, 0) is 25.8 Å². The van der Waals surface area contributed by atoms with E-state index in [4.69, 9.17) is 4.74 Å². The van der Waals surface area contributed by atoms with Crippen molar-refractivity contribution in [2.75, 3.05) is 6.61 Å². The second-order valence-electron chi connectivity index (χ2n) is 3.80. The van der Waals surface area contributed by atoms with Crippen LogP contribution in [0, 0.1) is 5.82 Å². The van der Waals surface area contributed by atoms with Crippen molar-refractivity contribution in [1.82, 2.24) is 0 Å². The van der Waals surface area contributed by atoms with Gasteiger partial charge in [-0.2, -0.15) is 0 Å². The number of ketones is 1. The van der Waals surface area contributed by atoms with Gasteiger partial charge in [0.2, 0.25) is 0 Å². The normalized spacial score (nSPS) is 10.4. The van der Waals surface area contributed by atoms with Crippen LogP contribution in [-0.4, -0.2) is 12.4 Å². The number of benzene rings is 1. The van der Waals surface area contributed by atoms with Gasteiger partial charge in [0.05, 0.1) is 6.61 Å². The molecule has 0 aromatic heterocycles. The minimum atomic E-state index is -0.230. The third kappa shape index (κ3) is 5.03. The Balaban J connectivity index is 2.12. The summed E-state index contributed by atoms with van der Waals surface area (Å²) < 4.78 is 18.5. The van der Waals surface area contributed by atoms with Crippen LogP contribution in [0.3, 0.4) is 0 Å². The van der Waals surface area contributed by atoms with Gasteiger partial charge in [-0.3, -0.25) is 0 Å². The molecule has 0 bridgehead atoms. The fourth-order valence-corrected chi connectivity index (χ4v) is 1.38. The quantitative estimate of drug-likeness (QED) is 0.665. The number of unbranched alkanes of at least 4 members (excludes halogenated alkanes) is 1. The Bertz CT molecular complexity index is 336. The number of hydrogen-bond acceptors (Lipinski definition) is 2. The Morgan fingerprint density at radius 3 is 2.75 bits per heavy atom. The number of carbonyl (C=O) groups is 1. The van der Waals surface area contributed by atoms with Crippen molar-refractivity contribution < 1.29 is 13.9 Å². The first-order chi connectivity index (χ1) is 7.70. The van der Waals surface area contributed by atoms with Crippen LogP contribution in [-0.2, 0) is 16.1 Å². The molecule has 0 amide bonds. The molecule has 0 saturated heterocycles. The highest BCUT2D eigenvalue weighted by molar-refractivity contribution is 5.75. The van der Waals surface area contributed by atoms with E-state index in [0.717, 1.165) is 12.8 Å². The van der Waals surface area contributed by atoms with Crippen LogP contribution < -0.4 is 0 Å². The summed E-state index contributed by atoms with van der Waals surface area (Å²) in [5.41, 5.74) is 0.578. The van der Waals surface area contributed by atoms with E-state index >= 15 is 0 Å². The number of rotatable bonds is 7. The fourth-order valence-electron chi connectivity index (χ4n) is 1.38. The molecule has 0 aliphatic heterocycles. The van der Waals surface area contributed by atoms with Crippen LogP contribution >= 0.6 is 0 Å². The topological polar surface area (TPSA) is 26.3 Å². The molecule has 0 aliphatic rings. The Morgan fingerprint density at radius 2 is 2.06 bits per heavy atom. The second-order valence-corrected chi connectivity index (χ2v) is 3.80. The summed E-state index contributed by atoms with van der Waals surface area (Å²) >= 11 is 0. The van der Waals surface area contributed by atoms with E-state index in [9.17, 15) is 9.18 Å². The molecule has 0 fully saturated rings. The SMILES string of the molecule is CC(=O)CCCCOCc1ccccc1F. The zero-order valence-corrected chi connectivity index (χ0v) is 9.54. The molecule has 88 valence electrons. The molecule has 16 heavy (non-hydrogen) atoms. The van der Waals surface area contributed by atoms with Crippen molar-refractivity contribution in [1.29, 1.82) is 0 Å². The molecule has 1 aromatic rings. The summed E-state index contributed by atoms with van der Waals surface area (Å²) in [4.78, 5) is 10.7. The molecule has 1 aromatic carbocycles. The van der Waals surface area contributed by atoms with Crippen LogP contribution in [0.25, 0.3) is 0 Å². The number of Topliss-reactive ketones (excluding diaryl/α,β-unsaturated/α-hetero) is 1. The maximum Gasteiger partial charge on any atom is 0.129 e. The Morgan fingerprint density at radius 1 is 1.31 bits per heavy atom. The summed E-state index contributed by atoms with van der Waals surface area (Å²) in [7, 11) is 0. The molecule has 0 aliphatic carbocycles. The number of ether oxygens (including phenoxy) is 1. The van der Waals surface area contributed by atoms with Gasteiger partial charge in [0, 0.05) is 18.6 Å². The van der Waals surface area contributed by atoms with Gasteiger partial charge in [-0.25, -0.2) is 4.39 Å². The molecule has 0 heterocycles. The minimum Gasteiger partial charge on any atom is -0.377 e. The van der Waals surface area contributed by atoms with E-state index < -0.39 is 0 Å². The van der Waals surface area contributed by atoms with E-state index in [1.165, 1.54) is 6.07 Å². The van der Waals surface area contributed by atoms with Gasteiger partial charge in [-0.15, -0.1) is 0 Å². The first-order valence-electron chi connectivity index (χ1n) is 5.50. The lowest BCUT2D eigenvalue weighted by atomic mass is 10.2. The predicted octanol–water partition coefficient (Wildman–Crippen LogP) is 3.10. The molecule has 0 saturated carbocycles. The summed E-state index contributed by atoms with van der Waals surface area (Å²) in [6, 6.07) is 6.59. The zero-order valence-electron chi connectivity index (χ0n) is 9.54. The molecule has 3 heteroatoms. The number of halogens is 1. The Kier molecular flexibility index (Phi) is 5.72. The molecular formula is C13H17FO2. The lowest BCUT2D eigenvalue weighted by Gasteiger charge is -2.04. The van der Waals surface area contributed by atoms with Crippen molar-refractivity contribution in [3.63, 3.8) is 0 Å². The largest absolute Gasteiger partial charge is 0.377 e. The molecule has 0 N–H and O–H groups in total. The molecule has 2 nitrogen and oxygen atoms in total. The van der Waals surface area contributed by atoms with E-state index in [2.05, 4.69) is 0 Å². The highest BCUT2D eigenvalue weighted by Gasteiger charge is 2.00. The predicted molar refractivity (Wildman–Crippen MR) is 60.6 cm³/mol. The van der Waals surface area contributed by atoms with E-state index in [1.807, 2.05) is 0 Å². The third-order valence-corrected chi connectivity index (χ3v) is 2.28. The van der Waals surface area contributed by atoms with E-state index in [1.54, 1.807) is 25.1 Å². The van der Waals surface area contributed by atoms with Crippen molar-refractivity contribution >= 4 is 5.78 Å². The monoisotopic (exact) mass is 224 g/mol. The molecule has 1 rings (SSSR count). The standard InChI is InChI=1S/C13H17FO2/c1-11(15)6-4-5-9-16-10-12-7-2-3-8-13(12)14/h2-3,7-8H,4-6,9-10H2,1H3. The van der Waals surface area contributed by atoms with Gasteiger partial charge in [0.25, 0.3) is 0 Å². The smallest absolute Gasteiger partial charge is 0.129 e. The Labute approximate surface area is 95.4 Å².